The smallest absolute Gasteiger partial charge is 0.189 e. The van der Waals surface area contributed by atoms with E-state index in [1.807, 2.05) is 42.5 Å². The number of aliphatic hydroxyl groups excluding tert-OH is 3. The molecule has 0 aliphatic heterocycles. The molecule has 1 unspecified atom stereocenters. The number of rotatable bonds is 10. The van der Waals surface area contributed by atoms with Crippen molar-refractivity contribution in [1.29, 1.82) is 0 Å². The van der Waals surface area contributed by atoms with Gasteiger partial charge in [-0.05, 0) is 86.3 Å². The second-order valence-corrected chi connectivity index (χ2v) is 16.2. The minimum absolute atomic E-state index is 0.0683. The van der Waals surface area contributed by atoms with Gasteiger partial charge in [-0.2, -0.15) is 0 Å². The molecule has 6 aliphatic rings. The van der Waals surface area contributed by atoms with Crippen molar-refractivity contribution in [3.8, 4) is 11.1 Å². The van der Waals surface area contributed by atoms with Crippen LogP contribution in [-0.2, 0) is 0 Å². The summed E-state index contributed by atoms with van der Waals surface area (Å²) in [4.78, 5) is 17.1. The number of ketones is 1. The summed E-state index contributed by atoms with van der Waals surface area (Å²) in [6.45, 7) is 7.98. The molecule has 0 amide bonds. The molecule has 0 radical (unpaired) electrons. The van der Waals surface area contributed by atoms with Crippen LogP contribution >= 0.6 is 0 Å². The SMILES string of the molecule is CCCN(C[C@H](O)CO)C[C@]1(O)CC[C@H]2[C@]34C=C[C@@]5(C=C3C(=O)c3ccc(-c6ccccc6)cc3)CC(O)CC[C@]5(C)[C@H]4CC[C@@]21C. The van der Waals surface area contributed by atoms with E-state index >= 15 is 0 Å². The van der Waals surface area contributed by atoms with Crippen molar-refractivity contribution in [3.05, 3.63) is 84.0 Å². The number of nitrogens with zero attached hydrogens (tertiary/aromatic N) is 1. The van der Waals surface area contributed by atoms with Crippen LogP contribution in [0.3, 0.4) is 0 Å². The van der Waals surface area contributed by atoms with Gasteiger partial charge in [0.15, 0.2) is 5.78 Å². The molecule has 0 heterocycles. The normalized spacial score (nSPS) is 39.2. The Bertz CT molecular complexity index is 1550. The van der Waals surface area contributed by atoms with Gasteiger partial charge in [0.05, 0.1) is 24.4 Å². The monoisotopic (exact) mass is 639 g/mol. The highest BCUT2D eigenvalue weighted by Gasteiger charge is 2.74. The van der Waals surface area contributed by atoms with Gasteiger partial charge in [0, 0.05) is 40.5 Å². The summed E-state index contributed by atoms with van der Waals surface area (Å²) in [7, 11) is 0. The molecule has 2 aromatic rings. The van der Waals surface area contributed by atoms with Gasteiger partial charge >= 0.3 is 0 Å². The van der Waals surface area contributed by atoms with E-state index in [1.165, 1.54) is 0 Å². The fourth-order valence-corrected chi connectivity index (χ4v) is 11.5. The zero-order valence-corrected chi connectivity index (χ0v) is 28.4. The Morgan fingerprint density at radius 1 is 0.915 bits per heavy atom. The minimum Gasteiger partial charge on any atom is -0.394 e. The maximum atomic E-state index is 14.9. The van der Waals surface area contributed by atoms with Crippen molar-refractivity contribution in [1.82, 2.24) is 4.90 Å². The van der Waals surface area contributed by atoms with Gasteiger partial charge in [0.25, 0.3) is 0 Å². The van der Waals surface area contributed by atoms with E-state index in [0.717, 1.165) is 61.8 Å². The third-order valence-electron chi connectivity index (χ3n) is 13.9. The van der Waals surface area contributed by atoms with Crippen molar-refractivity contribution in [3.63, 3.8) is 0 Å². The number of aliphatic hydroxyl groups is 4. The van der Waals surface area contributed by atoms with Gasteiger partial charge in [0.2, 0.25) is 0 Å². The lowest BCUT2D eigenvalue weighted by molar-refractivity contribution is -0.177. The summed E-state index contributed by atoms with van der Waals surface area (Å²) in [5, 5.41) is 43.6. The van der Waals surface area contributed by atoms with Crippen LogP contribution in [0.4, 0.5) is 0 Å². The summed E-state index contributed by atoms with van der Waals surface area (Å²) < 4.78 is 0. The third-order valence-corrected chi connectivity index (χ3v) is 13.9. The molecule has 6 heteroatoms. The Hall–Kier alpha value is -2.61. The second-order valence-electron chi connectivity index (χ2n) is 16.2. The Morgan fingerprint density at radius 3 is 2.28 bits per heavy atom. The quantitative estimate of drug-likeness (QED) is 0.183. The molecule has 0 aromatic heterocycles. The van der Waals surface area contributed by atoms with E-state index in [4.69, 9.17) is 0 Å². The molecule has 2 bridgehead atoms. The average molecular weight is 640 g/mol. The number of hydrogen-bond donors (Lipinski definition) is 4. The zero-order valence-electron chi connectivity index (χ0n) is 28.4. The average Bonchev–Trinajstić information content (AvgIpc) is 3.34. The topological polar surface area (TPSA) is 101 Å². The molecule has 4 N–H and O–H groups in total. The van der Waals surface area contributed by atoms with Gasteiger partial charge < -0.3 is 20.4 Å². The summed E-state index contributed by atoms with van der Waals surface area (Å²) in [5.74, 6) is 0.379. The lowest BCUT2D eigenvalue weighted by atomic mass is 9.32. The van der Waals surface area contributed by atoms with Crippen LogP contribution in [0.2, 0.25) is 0 Å². The van der Waals surface area contributed by atoms with Gasteiger partial charge in [-0.1, -0.05) is 93.6 Å². The number of fused-ring (bicyclic) bond motifs is 1. The summed E-state index contributed by atoms with van der Waals surface area (Å²) in [6.07, 6.45) is 12.2. The van der Waals surface area contributed by atoms with Crippen LogP contribution in [0.25, 0.3) is 11.1 Å². The predicted octanol–water partition coefficient (Wildman–Crippen LogP) is 6.19. The van der Waals surface area contributed by atoms with E-state index in [9.17, 15) is 25.2 Å². The lowest BCUT2D eigenvalue weighted by Crippen LogP contribution is -2.67. The molecule has 2 aromatic carbocycles. The summed E-state index contributed by atoms with van der Waals surface area (Å²) in [5.41, 5.74) is 1.36. The Balaban J connectivity index is 1.30. The van der Waals surface area contributed by atoms with Crippen molar-refractivity contribution < 1.29 is 25.2 Å². The first-order valence-electron chi connectivity index (χ1n) is 18.0. The first kappa shape index (κ1) is 32.9. The molecule has 3 saturated carbocycles. The van der Waals surface area contributed by atoms with Gasteiger partial charge in [0.1, 0.15) is 0 Å². The van der Waals surface area contributed by atoms with E-state index in [0.29, 0.717) is 31.5 Å². The number of hydrogen-bond acceptors (Lipinski definition) is 6. The molecule has 2 spiro atoms. The highest BCUT2D eigenvalue weighted by molar-refractivity contribution is 6.10. The molecule has 0 saturated heterocycles. The molecule has 8 rings (SSSR count). The van der Waals surface area contributed by atoms with Crippen LogP contribution in [0, 0.1) is 33.5 Å². The first-order valence-corrected chi connectivity index (χ1v) is 18.0. The van der Waals surface area contributed by atoms with Crippen molar-refractivity contribution in [2.45, 2.75) is 89.9 Å². The molecule has 6 nitrogen and oxygen atoms in total. The maximum absolute atomic E-state index is 14.9. The van der Waals surface area contributed by atoms with Crippen LogP contribution in [-0.4, -0.2) is 75.2 Å². The number of benzene rings is 2. The highest BCUT2D eigenvalue weighted by Crippen LogP contribution is 2.78. The summed E-state index contributed by atoms with van der Waals surface area (Å²) in [6, 6.07) is 18.3. The molecular weight excluding hydrogens is 586 g/mol. The molecule has 3 fully saturated rings. The molecular formula is C41H53NO5. The third kappa shape index (κ3) is 4.80. The first-order chi connectivity index (χ1) is 22.5. The predicted molar refractivity (Wildman–Crippen MR) is 185 cm³/mol. The van der Waals surface area contributed by atoms with Gasteiger partial charge in [-0.15, -0.1) is 0 Å². The van der Waals surface area contributed by atoms with E-state index in [-0.39, 0.29) is 41.2 Å². The fourth-order valence-electron chi connectivity index (χ4n) is 11.5. The van der Waals surface area contributed by atoms with E-state index in [1.54, 1.807) is 0 Å². The van der Waals surface area contributed by atoms with Gasteiger partial charge in [-0.25, -0.2) is 0 Å². The number of Topliss-reactive ketones (excluding diaryl/α,β-unsaturated/α-hetero) is 1. The van der Waals surface area contributed by atoms with Crippen LogP contribution in [0.15, 0.2) is 78.4 Å². The molecule has 6 aliphatic carbocycles. The Labute approximate surface area is 280 Å². The highest BCUT2D eigenvalue weighted by atomic mass is 16.3. The second kappa shape index (κ2) is 11.8. The molecule has 9 atom stereocenters. The van der Waals surface area contributed by atoms with Crippen LogP contribution in [0.5, 0.6) is 0 Å². The van der Waals surface area contributed by atoms with E-state index in [2.05, 4.69) is 56.0 Å². The zero-order chi connectivity index (χ0) is 33.2. The van der Waals surface area contributed by atoms with Crippen molar-refractivity contribution in [2.24, 2.45) is 33.5 Å². The number of allylic oxidation sites excluding steroid dienone is 4. The van der Waals surface area contributed by atoms with Crippen LogP contribution in [0.1, 0.15) is 82.5 Å². The Morgan fingerprint density at radius 2 is 1.57 bits per heavy atom. The standard InChI is InChI=1S/C41H53NO5/c1-4-22-42(25-32(45)26-43)27-40(47)19-16-35-38(40,3)18-15-34-37(2)17-14-31(44)23-39(37)20-21-41(34,35)33(24-39)36(46)30-12-10-29(11-13-30)28-8-6-5-7-9-28/h5-13,20-21,24,31-32,34-35,43-45,47H,4,14-19,22-23,25-27H2,1-3H3/t31?,32-,34+,35+,37+,38-,39-,40+,41+/m0/s1. The fraction of sp³-hybridized carbons (Fsp3) is 0.585. The number of carbonyl (C=O) groups excluding carboxylic acids is 1. The lowest BCUT2D eigenvalue weighted by Gasteiger charge is -2.71. The Kier molecular flexibility index (Phi) is 8.24. The summed E-state index contributed by atoms with van der Waals surface area (Å²) >= 11 is 0. The van der Waals surface area contributed by atoms with E-state index < -0.39 is 22.5 Å². The van der Waals surface area contributed by atoms with Crippen molar-refractivity contribution >= 4 is 5.78 Å². The minimum atomic E-state index is -0.989. The number of carbonyl (C=O) groups is 1. The van der Waals surface area contributed by atoms with Crippen LogP contribution < -0.4 is 0 Å². The molecule has 47 heavy (non-hydrogen) atoms. The maximum Gasteiger partial charge on any atom is 0.189 e. The largest absolute Gasteiger partial charge is 0.394 e. The van der Waals surface area contributed by atoms with Gasteiger partial charge in [-0.3, -0.25) is 9.69 Å². The van der Waals surface area contributed by atoms with Crippen molar-refractivity contribution in [2.75, 3.05) is 26.2 Å². The molecule has 252 valence electrons.